The zero-order valence-corrected chi connectivity index (χ0v) is 18.5. The highest BCUT2D eigenvalue weighted by atomic mass is 16.3. The minimum atomic E-state index is -0.727. The SMILES string of the molecule is Cc1ccc(C(=O)N[C@H](C(=O)NCc2ccco2)C2CCN(C(=O)c3ccco3)CC2)cc1. The molecule has 8 heteroatoms. The first-order chi connectivity index (χ1) is 16.0. The van der Waals surface area contributed by atoms with E-state index in [9.17, 15) is 14.4 Å². The molecule has 3 aromatic rings. The van der Waals surface area contributed by atoms with Gasteiger partial charge >= 0.3 is 0 Å². The molecule has 1 aliphatic heterocycles. The van der Waals surface area contributed by atoms with Crippen molar-refractivity contribution in [2.75, 3.05) is 13.1 Å². The molecule has 1 aromatic carbocycles. The fourth-order valence-corrected chi connectivity index (χ4v) is 4.02. The van der Waals surface area contributed by atoms with Gasteiger partial charge < -0.3 is 24.4 Å². The molecule has 0 radical (unpaired) electrons. The van der Waals surface area contributed by atoms with Crippen molar-refractivity contribution in [3.8, 4) is 0 Å². The van der Waals surface area contributed by atoms with Crippen LogP contribution >= 0.6 is 0 Å². The molecule has 172 valence electrons. The molecule has 1 fully saturated rings. The molecule has 0 saturated carbocycles. The first-order valence-electron chi connectivity index (χ1n) is 11.0. The molecule has 1 saturated heterocycles. The van der Waals surface area contributed by atoms with Crippen LogP contribution in [0.2, 0.25) is 0 Å². The molecule has 2 aromatic heterocycles. The predicted molar refractivity (Wildman–Crippen MR) is 120 cm³/mol. The monoisotopic (exact) mass is 449 g/mol. The predicted octanol–water partition coefficient (Wildman–Crippen LogP) is 3.15. The highest BCUT2D eigenvalue weighted by Crippen LogP contribution is 2.23. The summed E-state index contributed by atoms with van der Waals surface area (Å²) in [7, 11) is 0. The molecule has 0 spiro atoms. The maximum atomic E-state index is 13.1. The number of carbonyl (C=O) groups excluding carboxylic acids is 3. The number of likely N-dealkylation sites (tertiary alicyclic amines) is 1. The van der Waals surface area contributed by atoms with Gasteiger partial charge in [0.05, 0.1) is 19.1 Å². The smallest absolute Gasteiger partial charge is 0.289 e. The summed E-state index contributed by atoms with van der Waals surface area (Å²) in [5, 5.41) is 5.78. The Balaban J connectivity index is 1.43. The van der Waals surface area contributed by atoms with E-state index in [1.165, 1.54) is 6.26 Å². The minimum Gasteiger partial charge on any atom is -0.467 e. The fourth-order valence-electron chi connectivity index (χ4n) is 4.02. The second kappa shape index (κ2) is 10.2. The highest BCUT2D eigenvalue weighted by Gasteiger charge is 2.34. The summed E-state index contributed by atoms with van der Waals surface area (Å²) in [4.78, 5) is 40.3. The van der Waals surface area contributed by atoms with E-state index in [4.69, 9.17) is 8.83 Å². The van der Waals surface area contributed by atoms with E-state index in [2.05, 4.69) is 10.6 Å². The third-order valence-corrected chi connectivity index (χ3v) is 5.93. The van der Waals surface area contributed by atoms with E-state index >= 15 is 0 Å². The van der Waals surface area contributed by atoms with Crippen LogP contribution < -0.4 is 10.6 Å². The summed E-state index contributed by atoms with van der Waals surface area (Å²) in [5.41, 5.74) is 1.54. The second-order valence-corrected chi connectivity index (χ2v) is 8.22. The number of nitrogens with zero attached hydrogens (tertiary/aromatic N) is 1. The molecule has 33 heavy (non-hydrogen) atoms. The standard InChI is InChI=1S/C25H27N3O5/c1-17-6-8-19(9-7-17)23(29)27-22(24(30)26-16-20-4-2-14-32-20)18-10-12-28(13-11-18)25(31)21-5-3-15-33-21/h2-9,14-15,18,22H,10-13,16H2,1H3,(H,26,30)(H,27,29)/t22-/m0/s1. The van der Waals surface area contributed by atoms with Crippen molar-refractivity contribution in [1.82, 2.24) is 15.5 Å². The number of aryl methyl sites for hydroxylation is 1. The largest absolute Gasteiger partial charge is 0.467 e. The van der Waals surface area contributed by atoms with Crippen LogP contribution in [-0.2, 0) is 11.3 Å². The van der Waals surface area contributed by atoms with Crippen molar-refractivity contribution in [1.29, 1.82) is 0 Å². The van der Waals surface area contributed by atoms with Gasteiger partial charge in [0.15, 0.2) is 5.76 Å². The van der Waals surface area contributed by atoms with Crippen LogP contribution in [0.1, 0.15) is 45.1 Å². The van der Waals surface area contributed by atoms with Crippen LogP contribution in [0.25, 0.3) is 0 Å². The van der Waals surface area contributed by atoms with Gasteiger partial charge in [0.1, 0.15) is 11.8 Å². The van der Waals surface area contributed by atoms with Gasteiger partial charge in [0.2, 0.25) is 5.91 Å². The molecular formula is C25H27N3O5. The van der Waals surface area contributed by atoms with Gasteiger partial charge in [-0.3, -0.25) is 14.4 Å². The van der Waals surface area contributed by atoms with Crippen LogP contribution in [0.3, 0.4) is 0 Å². The van der Waals surface area contributed by atoms with Gasteiger partial charge in [0, 0.05) is 18.7 Å². The van der Waals surface area contributed by atoms with Crippen molar-refractivity contribution >= 4 is 17.7 Å². The van der Waals surface area contributed by atoms with Crippen molar-refractivity contribution in [2.24, 2.45) is 5.92 Å². The van der Waals surface area contributed by atoms with Crippen LogP contribution in [0.15, 0.2) is 69.9 Å². The summed E-state index contributed by atoms with van der Waals surface area (Å²) >= 11 is 0. The van der Waals surface area contributed by atoms with Crippen LogP contribution in [0.5, 0.6) is 0 Å². The lowest BCUT2D eigenvalue weighted by Crippen LogP contribution is -2.53. The topological polar surface area (TPSA) is 105 Å². The average molecular weight is 450 g/mol. The molecule has 0 unspecified atom stereocenters. The summed E-state index contributed by atoms with van der Waals surface area (Å²) in [6.07, 6.45) is 4.18. The summed E-state index contributed by atoms with van der Waals surface area (Å²) in [6, 6.07) is 13.3. The van der Waals surface area contributed by atoms with Gasteiger partial charge in [0.25, 0.3) is 11.8 Å². The Labute approximate surface area is 191 Å². The van der Waals surface area contributed by atoms with Crippen LogP contribution in [-0.4, -0.2) is 41.8 Å². The Morgan fingerprint density at radius 2 is 1.70 bits per heavy atom. The van der Waals surface area contributed by atoms with Gasteiger partial charge in [-0.15, -0.1) is 0 Å². The number of carbonyl (C=O) groups is 3. The maximum absolute atomic E-state index is 13.1. The minimum absolute atomic E-state index is 0.114. The molecule has 1 aliphatic rings. The lowest BCUT2D eigenvalue weighted by Gasteiger charge is -2.35. The highest BCUT2D eigenvalue weighted by molar-refractivity contribution is 5.97. The van der Waals surface area contributed by atoms with Crippen LogP contribution in [0.4, 0.5) is 0 Å². The molecule has 2 N–H and O–H groups in total. The van der Waals surface area contributed by atoms with Crippen molar-refractivity contribution in [3.05, 3.63) is 83.7 Å². The number of rotatable bonds is 7. The van der Waals surface area contributed by atoms with E-state index in [0.717, 1.165) is 5.56 Å². The van der Waals surface area contributed by atoms with Gasteiger partial charge in [-0.2, -0.15) is 0 Å². The maximum Gasteiger partial charge on any atom is 0.289 e. The third kappa shape index (κ3) is 5.52. The molecule has 3 heterocycles. The van der Waals surface area contributed by atoms with E-state index in [1.807, 2.05) is 19.1 Å². The first-order valence-corrected chi connectivity index (χ1v) is 11.0. The quantitative estimate of drug-likeness (QED) is 0.577. The summed E-state index contributed by atoms with van der Waals surface area (Å²) < 4.78 is 10.5. The van der Waals surface area contributed by atoms with Crippen LogP contribution in [0, 0.1) is 12.8 Å². The summed E-state index contributed by atoms with van der Waals surface area (Å²) in [6.45, 7) is 3.14. The molecule has 1 atom stereocenters. The number of piperidine rings is 1. The molecule has 3 amide bonds. The van der Waals surface area contributed by atoms with Crippen molar-refractivity contribution in [3.63, 3.8) is 0 Å². The summed E-state index contributed by atoms with van der Waals surface area (Å²) in [5.74, 6) is 0.0715. The number of benzene rings is 1. The van der Waals surface area contributed by atoms with E-state index in [1.54, 1.807) is 47.6 Å². The number of furan rings is 2. The molecule has 4 rings (SSSR count). The third-order valence-electron chi connectivity index (χ3n) is 5.93. The second-order valence-electron chi connectivity index (χ2n) is 8.22. The van der Waals surface area contributed by atoms with E-state index in [0.29, 0.717) is 43.0 Å². The molecular weight excluding hydrogens is 422 g/mol. The molecule has 0 bridgehead atoms. The molecule has 8 nitrogen and oxygen atoms in total. The van der Waals surface area contributed by atoms with Crippen molar-refractivity contribution in [2.45, 2.75) is 32.4 Å². The molecule has 0 aliphatic carbocycles. The zero-order valence-electron chi connectivity index (χ0n) is 18.5. The van der Waals surface area contributed by atoms with Crippen molar-refractivity contribution < 1.29 is 23.2 Å². The lowest BCUT2D eigenvalue weighted by atomic mass is 9.88. The zero-order chi connectivity index (χ0) is 23.2. The van der Waals surface area contributed by atoms with Gasteiger partial charge in [-0.05, 0) is 62.1 Å². The number of amides is 3. The Morgan fingerprint density at radius 1 is 1.00 bits per heavy atom. The average Bonchev–Trinajstić information content (AvgIpc) is 3.56. The van der Waals surface area contributed by atoms with E-state index < -0.39 is 6.04 Å². The Hall–Kier alpha value is -3.81. The Morgan fingerprint density at radius 3 is 2.33 bits per heavy atom. The van der Waals surface area contributed by atoms with Gasteiger partial charge in [-0.25, -0.2) is 0 Å². The fraction of sp³-hybridized carbons (Fsp3) is 0.320. The Kier molecular flexibility index (Phi) is 6.92. The normalized spacial score (nSPS) is 15.1. The first kappa shape index (κ1) is 22.4. The Bertz CT molecular complexity index is 1070. The van der Waals surface area contributed by atoms with E-state index in [-0.39, 0.29) is 30.2 Å². The number of hydrogen-bond acceptors (Lipinski definition) is 5. The lowest BCUT2D eigenvalue weighted by molar-refractivity contribution is -0.124. The number of nitrogens with one attached hydrogen (secondary N) is 2. The van der Waals surface area contributed by atoms with Gasteiger partial charge in [-0.1, -0.05) is 17.7 Å². The number of hydrogen-bond donors (Lipinski definition) is 2.